The van der Waals surface area contributed by atoms with E-state index in [4.69, 9.17) is 11.6 Å². The molecule has 1 saturated heterocycles. The molecule has 0 aliphatic carbocycles. The van der Waals surface area contributed by atoms with Gasteiger partial charge in [-0.25, -0.2) is 0 Å². The van der Waals surface area contributed by atoms with Gasteiger partial charge in [-0.3, -0.25) is 4.79 Å². The van der Waals surface area contributed by atoms with E-state index in [-0.39, 0.29) is 24.2 Å². The molecule has 6 heteroatoms. The Morgan fingerprint density at radius 1 is 1.42 bits per heavy atom. The summed E-state index contributed by atoms with van der Waals surface area (Å²) in [6.07, 6.45) is 0.955. The average Bonchev–Trinajstić information content (AvgIpc) is 2.90. The molecule has 0 spiro atoms. The zero-order valence-electron chi connectivity index (χ0n) is 10.5. The lowest BCUT2D eigenvalue weighted by atomic mass is 10.1. The van der Waals surface area contributed by atoms with Crippen LogP contribution < -0.4 is 10.6 Å². The third-order valence-corrected chi connectivity index (χ3v) is 4.18. The van der Waals surface area contributed by atoms with E-state index in [2.05, 4.69) is 10.6 Å². The number of hydrogen-bond donors (Lipinski definition) is 2. The number of benzene rings is 1. The summed E-state index contributed by atoms with van der Waals surface area (Å²) in [4.78, 5) is 12.9. The van der Waals surface area contributed by atoms with Crippen molar-refractivity contribution in [3.05, 3.63) is 29.3 Å². The summed E-state index contributed by atoms with van der Waals surface area (Å²) < 4.78 is 0. The van der Waals surface area contributed by atoms with E-state index in [1.807, 2.05) is 24.3 Å². The summed E-state index contributed by atoms with van der Waals surface area (Å²) >= 11 is 7.54. The van der Waals surface area contributed by atoms with Crippen LogP contribution in [0, 0.1) is 5.92 Å². The Kier molecular flexibility index (Phi) is 7.61. The van der Waals surface area contributed by atoms with Gasteiger partial charge < -0.3 is 10.6 Å². The molecule has 106 valence electrons. The Morgan fingerprint density at radius 3 is 2.79 bits per heavy atom. The molecule has 1 aliphatic heterocycles. The zero-order chi connectivity index (χ0) is 12.8. The van der Waals surface area contributed by atoms with Crippen LogP contribution in [0.3, 0.4) is 0 Å². The van der Waals surface area contributed by atoms with Crippen LogP contribution in [0.1, 0.15) is 6.42 Å². The van der Waals surface area contributed by atoms with Crippen molar-refractivity contribution in [3.8, 4) is 0 Å². The third kappa shape index (κ3) is 5.61. The van der Waals surface area contributed by atoms with E-state index in [0.29, 0.717) is 6.54 Å². The molecule has 0 aromatic heterocycles. The number of hydrogen-bond acceptors (Lipinski definition) is 3. The summed E-state index contributed by atoms with van der Waals surface area (Å²) in [5.41, 5.74) is 0. The van der Waals surface area contributed by atoms with Crippen molar-refractivity contribution >= 4 is 41.7 Å². The van der Waals surface area contributed by atoms with Gasteiger partial charge in [0.1, 0.15) is 0 Å². The molecule has 0 bridgehead atoms. The van der Waals surface area contributed by atoms with Crippen molar-refractivity contribution in [2.24, 2.45) is 5.92 Å². The lowest BCUT2D eigenvalue weighted by Gasteiger charge is -2.09. The minimum Gasteiger partial charge on any atom is -0.355 e. The van der Waals surface area contributed by atoms with Crippen LogP contribution in [0.25, 0.3) is 0 Å². The molecule has 0 saturated carbocycles. The quantitative estimate of drug-likeness (QED) is 0.647. The molecule has 2 rings (SSSR count). The fourth-order valence-electron chi connectivity index (χ4n) is 1.90. The highest BCUT2D eigenvalue weighted by Gasteiger charge is 2.21. The predicted molar refractivity (Wildman–Crippen MR) is 83.4 cm³/mol. The molecule has 1 fully saturated rings. The summed E-state index contributed by atoms with van der Waals surface area (Å²) in [5.74, 6) is 1.22. The SMILES string of the molecule is Cl.O=C(NCCSc1ccc(Cl)cc1)C1CCNC1. The first-order chi connectivity index (χ1) is 8.75. The van der Waals surface area contributed by atoms with Crippen LogP contribution in [0.5, 0.6) is 0 Å². The van der Waals surface area contributed by atoms with Gasteiger partial charge in [-0.1, -0.05) is 11.6 Å². The maximum atomic E-state index is 11.7. The maximum absolute atomic E-state index is 11.7. The van der Waals surface area contributed by atoms with Crippen LogP contribution in [0.15, 0.2) is 29.2 Å². The average molecular weight is 321 g/mol. The molecule has 1 aromatic carbocycles. The van der Waals surface area contributed by atoms with E-state index in [1.54, 1.807) is 11.8 Å². The van der Waals surface area contributed by atoms with Crippen molar-refractivity contribution in [3.63, 3.8) is 0 Å². The van der Waals surface area contributed by atoms with E-state index >= 15 is 0 Å². The highest BCUT2D eigenvalue weighted by atomic mass is 35.5. The fraction of sp³-hybridized carbons (Fsp3) is 0.462. The topological polar surface area (TPSA) is 41.1 Å². The van der Waals surface area contributed by atoms with Crippen LogP contribution in [0.2, 0.25) is 5.02 Å². The minimum absolute atomic E-state index is 0. The largest absolute Gasteiger partial charge is 0.355 e. The maximum Gasteiger partial charge on any atom is 0.224 e. The Labute approximate surface area is 129 Å². The van der Waals surface area contributed by atoms with Crippen LogP contribution in [0.4, 0.5) is 0 Å². The van der Waals surface area contributed by atoms with Crippen LogP contribution >= 0.6 is 35.8 Å². The lowest BCUT2D eigenvalue weighted by molar-refractivity contribution is -0.124. The normalized spacial score (nSPS) is 17.8. The van der Waals surface area contributed by atoms with E-state index in [1.165, 1.54) is 4.90 Å². The fourth-order valence-corrected chi connectivity index (χ4v) is 2.79. The number of rotatable bonds is 5. The van der Waals surface area contributed by atoms with Crippen molar-refractivity contribution in [1.82, 2.24) is 10.6 Å². The van der Waals surface area contributed by atoms with Crippen LogP contribution in [-0.4, -0.2) is 31.3 Å². The number of carbonyl (C=O) groups is 1. The summed E-state index contributed by atoms with van der Waals surface area (Å²) in [6, 6.07) is 7.75. The first kappa shape index (κ1) is 16.6. The van der Waals surface area contributed by atoms with Crippen molar-refractivity contribution in [1.29, 1.82) is 0 Å². The Hall–Kier alpha value is -0.420. The molecule has 1 atom stereocenters. The molecule has 1 aliphatic rings. The first-order valence-electron chi connectivity index (χ1n) is 6.12. The minimum atomic E-state index is 0. The second-order valence-electron chi connectivity index (χ2n) is 4.28. The summed E-state index contributed by atoms with van der Waals surface area (Å²) in [5, 5.41) is 6.93. The lowest BCUT2D eigenvalue weighted by Crippen LogP contribution is -2.33. The third-order valence-electron chi connectivity index (χ3n) is 2.91. The standard InChI is InChI=1S/C13H17ClN2OS.ClH/c14-11-1-3-12(4-2-11)18-8-7-16-13(17)10-5-6-15-9-10;/h1-4,10,15H,5-9H2,(H,16,17);1H. The molecule has 1 amide bonds. The highest BCUT2D eigenvalue weighted by Crippen LogP contribution is 2.19. The Morgan fingerprint density at radius 2 is 2.16 bits per heavy atom. The van der Waals surface area contributed by atoms with Gasteiger partial charge in [-0.05, 0) is 37.2 Å². The monoisotopic (exact) mass is 320 g/mol. The van der Waals surface area contributed by atoms with Gasteiger partial charge in [0.15, 0.2) is 0 Å². The number of carbonyl (C=O) groups excluding carboxylic acids is 1. The van der Waals surface area contributed by atoms with Gasteiger partial charge in [0.25, 0.3) is 0 Å². The zero-order valence-corrected chi connectivity index (χ0v) is 12.9. The second-order valence-corrected chi connectivity index (χ2v) is 5.89. The molecule has 3 nitrogen and oxygen atoms in total. The molecular formula is C13H18Cl2N2OS. The number of nitrogens with one attached hydrogen (secondary N) is 2. The highest BCUT2D eigenvalue weighted by molar-refractivity contribution is 7.99. The van der Waals surface area contributed by atoms with Gasteiger partial charge in [0.2, 0.25) is 5.91 Å². The molecule has 1 heterocycles. The Balaban J connectivity index is 0.00000180. The molecule has 0 radical (unpaired) electrons. The van der Waals surface area contributed by atoms with Gasteiger partial charge in [-0.15, -0.1) is 24.2 Å². The van der Waals surface area contributed by atoms with E-state index in [0.717, 1.165) is 30.3 Å². The number of thioether (sulfide) groups is 1. The van der Waals surface area contributed by atoms with E-state index in [9.17, 15) is 4.79 Å². The molecular weight excluding hydrogens is 303 g/mol. The summed E-state index contributed by atoms with van der Waals surface area (Å²) in [6.45, 7) is 2.48. The molecule has 1 aromatic rings. The molecule has 19 heavy (non-hydrogen) atoms. The first-order valence-corrected chi connectivity index (χ1v) is 7.49. The van der Waals surface area contributed by atoms with Crippen LogP contribution in [-0.2, 0) is 4.79 Å². The van der Waals surface area contributed by atoms with Gasteiger partial charge >= 0.3 is 0 Å². The van der Waals surface area contributed by atoms with Gasteiger partial charge in [0.05, 0.1) is 5.92 Å². The van der Waals surface area contributed by atoms with E-state index < -0.39 is 0 Å². The Bertz CT molecular complexity index is 394. The van der Waals surface area contributed by atoms with Crippen molar-refractivity contribution in [2.75, 3.05) is 25.4 Å². The molecule has 2 N–H and O–H groups in total. The van der Waals surface area contributed by atoms with Gasteiger partial charge in [-0.2, -0.15) is 0 Å². The second kappa shape index (κ2) is 8.69. The predicted octanol–water partition coefficient (Wildman–Crippen LogP) is 2.58. The molecule has 1 unspecified atom stereocenters. The summed E-state index contributed by atoms with van der Waals surface area (Å²) in [7, 11) is 0. The van der Waals surface area contributed by atoms with Crippen molar-refractivity contribution < 1.29 is 4.79 Å². The van der Waals surface area contributed by atoms with Gasteiger partial charge in [0, 0.05) is 28.8 Å². The number of halogens is 2. The van der Waals surface area contributed by atoms with Crippen molar-refractivity contribution in [2.45, 2.75) is 11.3 Å². The smallest absolute Gasteiger partial charge is 0.224 e. The number of amides is 1.